The zero-order valence-electron chi connectivity index (χ0n) is 21.0. The molecule has 0 fully saturated rings. The van der Waals surface area contributed by atoms with Gasteiger partial charge in [-0.25, -0.2) is 15.0 Å². The van der Waals surface area contributed by atoms with Crippen LogP contribution in [0.25, 0.3) is 0 Å². The van der Waals surface area contributed by atoms with Crippen LogP contribution in [0.5, 0.6) is 0 Å². The van der Waals surface area contributed by atoms with Crippen LogP contribution >= 0.6 is 64.8 Å². The number of rotatable bonds is 11. The predicted molar refractivity (Wildman–Crippen MR) is 163 cm³/mol. The molecule has 0 aliphatic rings. The van der Waals surface area contributed by atoms with E-state index in [-0.39, 0.29) is 10.8 Å². The monoisotopic (exact) mass is 579 g/mol. The summed E-state index contributed by atoms with van der Waals surface area (Å²) in [6.07, 6.45) is 5.61. The molecule has 3 rings (SSSR count). The van der Waals surface area contributed by atoms with Gasteiger partial charge in [0.15, 0.2) is 0 Å². The minimum absolute atomic E-state index is 0.0918. The Balaban J connectivity index is 1.90. The molecule has 0 aliphatic carbocycles. The summed E-state index contributed by atoms with van der Waals surface area (Å²) in [5.74, 6) is 0. The molecule has 2 unspecified atom stereocenters. The quantitative estimate of drug-likeness (QED) is 0.206. The van der Waals surface area contributed by atoms with Gasteiger partial charge in [-0.15, -0.1) is 0 Å². The molecule has 0 bridgehead atoms. The van der Waals surface area contributed by atoms with Crippen molar-refractivity contribution in [1.29, 1.82) is 0 Å². The van der Waals surface area contributed by atoms with Crippen molar-refractivity contribution in [3.8, 4) is 0 Å². The molecule has 3 aromatic rings. The molecular formula is C26H33N3S6. The van der Waals surface area contributed by atoms with Crippen LogP contribution in [0.1, 0.15) is 41.5 Å². The van der Waals surface area contributed by atoms with Crippen molar-refractivity contribution in [3.05, 3.63) is 73.2 Å². The van der Waals surface area contributed by atoms with E-state index in [4.69, 9.17) is 0 Å². The van der Waals surface area contributed by atoms with E-state index >= 15 is 0 Å². The highest BCUT2D eigenvalue weighted by atomic mass is 33.1. The standard InChI is InChI=1S/C26H33N3S6/c1-25(2,3)23(34-31-20-14-8-11-17-28-20)22(33-30-19-13-7-10-16-27-19)24(26(4,5)6)35-32-21-15-9-12-18-29-21/h7-18,22-24H,1-6H3. The molecule has 2 atom stereocenters. The molecule has 0 saturated carbocycles. The molecule has 0 aromatic carbocycles. The van der Waals surface area contributed by atoms with Crippen LogP contribution in [0, 0.1) is 10.8 Å². The highest BCUT2D eigenvalue weighted by molar-refractivity contribution is 8.79. The Morgan fingerprint density at radius 1 is 0.514 bits per heavy atom. The maximum absolute atomic E-state index is 4.58. The van der Waals surface area contributed by atoms with Crippen molar-refractivity contribution in [2.24, 2.45) is 10.8 Å². The molecular weight excluding hydrogens is 547 g/mol. The van der Waals surface area contributed by atoms with Crippen LogP contribution in [-0.4, -0.2) is 30.7 Å². The fraction of sp³-hybridized carbons (Fsp3) is 0.423. The average molecular weight is 580 g/mol. The fourth-order valence-corrected chi connectivity index (χ4v) is 14.1. The van der Waals surface area contributed by atoms with Gasteiger partial charge in [-0.05, 0) is 79.6 Å². The summed E-state index contributed by atoms with van der Waals surface area (Å²) >= 11 is 0. The van der Waals surface area contributed by atoms with E-state index in [0.717, 1.165) is 15.1 Å². The summed E-state index contributed by atoms with van der Waals surface area (Å²) in [4.78, 5) is 13.7. The van der Waals surface area contributed by atoms with Crippen LogP contribution in [0.15, 0.2) is 88.3 Å². The van der Waals surface area contributed by atoms with Crippen molar-refractivity contribution in [1.82, 2.24) is 15.0 Å². The Morgan fingerprint density at radius 3 is 1.14 bits per heavy atom. The maximum Gasteiger partial charge on any atom is 0.106 e. The summed E-state index contributed by atoms with van der Waals surface area (Å²) < 4.78 is 0. The van der Waals surface area contributed by atoms with Gasteiger partial charge in [0.1, 0.15) is 15.1 Å². The molecule has 3 nitrogen and oxygen atoms in total. The van der Waals surface area contributed by atoms with Crippen LogP contribution in [0.3, 0.4) is 0 Å². The smallest absolute Gasteiger partial charge is 0.106 e. The molecule has 3 aromatic heterocycles. The average Bonchev–Trinajstić information content (AvgIpc) is 2.82. The Bertz CT molecular complexity index is 933. The molecule has 35 heavy (non-hydrogen) atoms. The number of hydrogen-bond acceptors (Lipinski definition) is 9. The molecule has 3 heterocycles. The zero-order chi connectivity index (χ0) is 25.3. The number of aromatic nitrogens is 3. The van der Waals surface area contributed by atoms with E-state index in [1.54, 1.807) is 32.4 Å². The van der Waals surface area contributed by atoms with Crippen molar-refractivity contribution in [2.45, 2.75) is 72.4 Å². The van der Waals surface area contributed by atoms with Crippen molar-refractivity contribution < 1.29 is 0 Å². The van der Waals surface area contributed by atoms with Gasteiger partial charge in [0.2, 0.25) is 0 Å². The summed E-state index contributed by atoms with van der Waals surface area (Å²) in [5, 5.41) is 4.25. The van der Waals surface area contributed by atoms with Crippen LogP contribution in [0.4, 0.5) is 0 Å². The first kappa shape index (κ1) is 29.1. The second kappa shape index (κ2) is 13.9. The van der Waals surface area contributed by atoms with E-state index in [9.17, 15) is 0 Å². The summed E-state index contributed by atoms with van der Waals surface area (Å²) in [5.41, 5.74) is 0.184. The van der Waals surface area contributed by atoms with Crippen LogP contribution in [0.2, 0.25) is 0 Å². The van der Waals surface area contributed by atoms with E-state index in [0.29, 0.717) is 15.7 Å². The number of hydrogen-bond donors (Lipinski definition) is 0. The lowest BCUT2D eigenvalue weighted by Crippen LogP contribution is -2.43. The van der Waals surface area contributed by atoms with E-state index in [2.05, 4.69) is 92.9 Å². The van der Waals surface area contributed by atoms with Gasteiger partial charge in [-0.1, -0.05) is 92.1 Å². The van der Waals surface area contributed by atoms with Crippen molar-refractivity contribution in [2.75, 3.05) is 0 Å². The van der Waals surface area contributed by atoms with Gasteiger partial charge in [-0.2, -0.15) is 0 Å². The van der Waals surface area contributed by atoms with Gasteiger partial charge in [0.05, 0.1) is 0 Å². The zero-order valence-corrected chi connectivity index (χ0v) is 25.9. The molecule has 188 valence electrons. The van der Waals surface area contributed by atoms with Gasteiger partial charge < -0.3 is 0 Å². The highest BCUT2D eigenvalue weighted by Gasteiger charge is 2.43. The molecule has 9 heteroatoms. The first-order valence-corrected chi connectivity index (χ1v) is 18.0. The van der Waals surface area contributed by atoms with Gasteiger partial charge >= 0.3 is 0 Å². The SMILES string of the molecule is CC(C)(C)C(SSc1ccccn1)C(SSc1ccccn1)C(SSc1ccccn1)C(C)(C)C. The Morgan fingerprint density at radius 2 is 0.857 bits per heavy atom. The second-order valence-electron chi connectivity index (χ2n) is 10.1. The van der Waals surface area contributed by atoms with E-state index in [1.807, 2.05) is 69.2 Å². The molecule has 0 amide bonds. The third kappa shape index (κ3) is 9.74. The normalized spacial score (nSPS) is 14.9. The number of pyridine rings is 3. The Kier molecular flexibility index (Phi) is 11.6. The Labute approximate surface area is 234 Å². The third-order valence-electron chi connectivity index (χ3n) is 4.94. The highest BCUT2D eigenvalue weighted by Crippen LogP contribution is 2.55. The second-order valence-corrected chi connectivity index (χ2v) is 17.2. The lowest BCUT2D eigenvalue weighted by molar-refractivity contribution is 0.330. The molecule has 0 N–H and O–H groups in total. The lowest BCUT2D eigenvalue weighted by atomic mass is 9.82. The summed E-state index contributed by atoms with van der Waals surface area (Å²) in [6.45, 7) is 14.2. The van der Waals surface area contributed by atoms with Gasteiger partial charge in [0.25, 0.3) is 0 Å². The first-order chi connectivity index (χ1) is 16.6. The lowest BCUT2D eigenvalue weighted by Gasteiger charge is -2.43. The van der Waals surface area contributed by atoms with Crippen LogP contribution in [-0.2, 0) is 0 Å². The fourth-order valence-electron chi connectivity index (χ4n) is 3.14. The minimum Gasteiger partial charge on any atom is -0.249 e. The topological polar surface area (TPSA) is 38.7 Å². The molecule has 0 aliphatic heterocycles. The Hall–Kier alpha value is -0.450. The van der Waals surface area contributed by atoms with Crippen molar-refractivity contribution in [3.63, 3.8) is 0 Å². The largest absolute Gasteiger partial charge is 0.249 e. The molecule has 0 saturated heterocycles. The molecule has 0 spiro atoms. The third-order valence-corrected chi connectivity index (χ3v) is 14.3. The summed E-state index contributed by atoms with van der Waals surface area (Å²) in [7, 11) is 11.2. The summed E-state index contributed by atoms with van der Waals surface area (Å²) in [6, 6.07) is 18.4. The van der Waals surface area contributed by atoms with E-state index in [1.165, 1.54) is 0 Å². The van der Waals surface area contributed by atoms with Crippen LogP contribution < -0.4 is 0 Å². The minimum atomic E-state index is 0.0918. The number of nitrogens with zero attached hydrogens (tertiary/aromatic N) is 3. The van der Waals surface area contributed by atoms with Gasteiger partial charge in [0, 0.05) is 34.3 Å². The molecule has 0 radical (unpaired) electrons. The van der Waals surface area contributed by atoms with E-state index < -0.39 is 0 Å². The predicted octanol–water partition coefficient (Wildman–Crippen LogP) is 9.69. The first-order valence-electron chi connectivity index (χ1n) is 11.4. The van der Waals surface area contributed by atoms with Crippen molar-refractivity contribution >= 4 is 64.8 Å². The maximum atomic E-state index is 4.58. The van der Waals surface area contributed by atoms with Gasteiger partial charge in [-0.3, -0.25) is 0 Å².